The van der Waals surface area contributed by atoms with Crippen molar-refractivity contribution in [2.24, 2.45) is 50.7 Å². The number of anilines is 1. The van der Waals surface area contributed by atoms with Crippen LogP contribution < -0.4 is 5.32 Å². The lowest BCUT2D eigenvalue weighted by atomic mass is 9.33. The van der Waals surface area contributed by atoms with E-state index in [9.17, 15) is 19.6 Å². The number of fused-ring (bicyclic) bond motifs is 8. The van der Waals surface area contributed by atoms with Crippen LogP contribution in [0.5, 0.6) is 0 Å². The van der Waals surface area contributed by atoms with Crippen LogP contribution in [0.1, 0.15) is 120 Å². The van der Waals surface area contributed by atoms with Crippen LogP contribution in [0.25, 0.3) is 10.8 Å². The molecule has 1 aromatic heterocycles. The number of hydrogen-bond donors (Lipinski definition) is 2. The summed E-state index contributed by atoms with van der Waals surface area (Å²) in [6, 6.07) is 7.81. The maximum Gasteiger partial charge on any atom is 0.352 e. The van der Waals surface area contributed by atoms with Crippen molar-refractivity contribution >= 4 is 34.1 Å². The number of carbonyl (C=O) groups is 3. The van der Waals surface area contributed by atoms with Crippen molar-refractivity contribution in [2.75, 3.05) is 5.32 Å². The third kappa shape index (κ3) is 5.08. The summed E-state index contributed by atoms with van der Waals surface area (Å²) in [5.41, 5.74) is 2.72. The van der Waals surface area contributed by atoms with Crippen LogP contribution in [-0.4, -0.2) is 27.9 Å². The highest BCUT2D eigenvalue weighted by Crippen LogP contribution is 2.76. The number of benzene rings is 1. The molecule has 0 saturated heterocycles. The smallest absolute Gasteiger partial charge is 0.324 e. The number of nitrogens with one attached hydrogen (secondary N) is 1. The van der Waals surface area contributed by atoms with E-state index in [0.717, 1.165) is 46.4 Å². The predicted molar refractivity (Wildman–Crippen MR) is 189 cm³/mol. The van der Waals surface area contributed by atoms with Gasteiger partial charge in [0, 0.05) is 30.3 Å². The van der Waals surface area contributed by atoms with Crippen LogP contribution in [0.4, 0.5) is 5.69 Å². The molecule has 2 aromatic rings. The average Bonchev–Trinajstić information content (AvgIpc) is 3.34. The fourth-order valence-corrected chi connectivity index (χ4v) is 12.5. The molecular weight excluding hydrogens is 600 g/mol. The van der Waals surface area contributed by atoms with E-state index in [2.05, 4.69) is 63.7 Å². The molecule has 7 nitrogen and oxygen atoms in total. The summed E-state index contributed by atoms with van der Waals surface area (Å²) < 4.78 is 0. The molecule has 0 radical (unpaired) electrons. The highest BCUT2D eigenvalue weighted by atomic mass is 17.1. The zero-order chi connectivity index (χ0) is 34.9. The van der Waals surface area contributed by atoms with Crippen molar-refractivity contribution in [1.82, 2.24) is 4.98 Å². The van der Waals surface area contributed by atoms with Crippen LogP contribution in [0.2, 0.25) is 0 Å². The lowest BCUT2D eigenvalue weighted by Gasteiger charge is -2.71. The SMILES string of the molecule is CC(=O)Nc1cncc2ccccc12.CC(C)C1=C2[C@H]3CC[C@@H]4[C@@]5(C)CCCC(C)(C)[C@@H]5CC[C@@]4(C)[C@]3(C)CC[C@@]2(C(=O)OO)CC1=O. The molecule has 7 heteroatoms. The molecule has 260 valence electrons. The van der Waals surface area contributed by atoms with E-state index in [1.807, 2.05) is 24.3 Å². The lowest BCUT2D eigenvalue weighted by molar-refractivity contribution is -0.250. The molecule has 5 aliphatic carbocycles. The second-order valence-corrected chi connectivity index (χ2v) is 17.6. The summed E-state index contributed by atoms with van der Waals surface area (Å²) in [6.07, 6.45) is 13.9. The Hall–Kier alpha value is -3.06. The first-order chi connectivity index (χ1) is 22.6. The van der Waals surface area contributed by atoms with Gasteiger partial charge in [-0.05, 0) is 108 Å². The van der Waals surface area contributed by atoms with Crippen LogP contribution in [0.3, 0.4) is 0 Å². The molecule has 1 heterocycles. The molecule has 7 atom stereocenters. The Morgan fingerprint density at radius 2 is 1.65 bits per heavy atom. The van der Waals surface area contributed by atoms with Crippen molar-refractivity contribution in [3.8, 4) is 0 Å². The molecule has 0 spiro atoms. The minimum atomic E-state index is -0.952. The normalized spacial score (nSPS) is 36.6. The maximum atomic E-state index is 13.3. The maximum absolute atomic E-state index is 13.3. The highest BCUT2D eigenvalue weighted by molar-refractivity contribution is 6.06. The number of amides is 1. The summed E-state index contributed by atoms with van der Waals surface area (Å²) in [5, 5.41) is 14.3. The number of Topliss-reactive ketones (excluding diaryl/α,β-unsaturated/α-hetero) is 1. The number of aromatic nitrogens is 1. The first-order valence-electron chi connectivity index (χ1n) is 18.3. The Morgan fingerprint density at radius 3 is 2.33 bits per heavy atom. The third-order valence-corrected chi connectivity index (χ3v) is 14.6. The fraction of sp³-hybridized carbons (Fsp3) is 0.659. The minimum Gasteiger partial charge on any atom is -0.324 e. The lowest BCUT2D eigenvalue weighted by Crippen LogP contribution is -2.64. The molecule has 2 N–H and O–H groups in total. The van der Waals surface area contributed by atoms with Gasteiger partial charge in [0.2, 0.25) is 5.91 Å². The number of rotatable bonds is 3. The summed E-state index contributed by atoms with van der Waals surface area (Å²) >= 11 is 0. The van der Waals surface area contributed by atoms with E-state index in [-0.39, 0.29) is 40.8 Å². The fourth-order valence-electron chi connectivity index (χ4n) is 12.5. The van der Waals surface area contributed by atoms with E-state index < -0.39 is 11.4 Å². The van der Waals surface area contributed by atoms with Gasteiger partial charge < -0.3 is 10.2 Å². The Labute approximate surface area is 286 Å². The highest BCUT2D eigenvalue weighted by Gasteiger charge is 2.70. The van der Waals surface area contributed by atoms with Crippen LogP contribution >= 0.6 is 0 Å². The molecule has 7 rings (SSSR count). The molecular formula is C41H56N2O5. The van der Waals surface area contributed by atoms with E-state index in [1.54, 1.807) is 12.4 Å². The quantitative estimate of drug-likeness (QED) is 0.252. The second-order valence-electron chi connectivity index (χ2n) is 17.6. The number of allylic oxidation sites excluding steroid dienone is 1. The topological polar surface area (TPSA) is 106 Å². The Morgan fingerprint density at radius 1 is 0.917 bits per heavy atom. The van der Waals surface area contributed by atoms with Crippen LogP contribution in [0, 0.1) is 50.7 Å². The number of carbonyl (C=O) groups excluding carboxylic acids is 3. The van der Waals surface area contributed by atoms with Crippen molar-refractivity contribution in [1.29, 1.82) is 0 Å². The summed E-state index contributed by atoms with van der Waals surface area (Å²) in [7, 11) is 0. The van der Waals surface area contributed by atoms with E-state index >= 15 is 0 Å². The van der Waals surface area contributed by atoms with Crippen molar-refractivity contribution in [3.05, 3.63) is 47.8 Å². The van der Waals surface area contributed by atoms with E-state index in [4.69, 9.17) is 0 Å². The number of ketones is 1. The molecule has 5 aliphatic rings. The van der Waals surface area contributed by atoms with Gasteiger partial charge in [-0.3, -0.25) is 14.6 Å². The molecule has 4 fully saturated rings. The molecule has 48 heavy (non-hydrogen) atoms. The first kappa shape index (κ1) is 34.8. The molecule has 0 unspecified atom stereocenters. The summed E-state index contributed by atoms with van der Waals surface area (Å²) in [4.78, 5) is 45.8. The second kappa shape index (κ2) is 12.1. The van der Waals surface area contributed by atoms with Crippen molar-refractivity contribution < 1.29 is 24.5 Å². The monoisotopic (exact) mass is 656 g/mol. The zero-order valence-corrected chi connectivity index (χ0v) is 30.4. The van der Waals surface area contributed by atoms with Gasteiger partial charge in [0.05, 0.1) is 11.9 Å². The molecule has 0 bridgehead atoms. The molecule has 1 amide bonds. The van der Waals surface area contributed by atoms with Gasteiger partial charge in [0.15, 0.2) is 5.78 Å². The van der Waals surface area contributed by atoms with Gasteiger partial charge in [-0.15, -0.1) is 0 Å². The van der Waals surface area contributed by atoms with Gasteiger partial charge in [-0.1, -0.05) is 79.2 Å². The van der Waals surface area contributed by atoms with Gasteiger partial charge in [0.25, 0.3) is 0 Å². The summed E-state index contributed by atoms with van der Waals surface area (Å²) in [5.74, 6) is 1.15. The number of nitrogens with zero attached hydrogens (tertiary/aromatic N) is 1. The van der Waals surface area contributed by atoms with E-state index in [1.165, 1.54) is 45.4 Å². The number of pyridine rings is 1. The van der Waals surface area contributed by atoms with Crippen molar-refractivity contribution in [2.45, 2.75) is 120 Å². The standard InChI is InChI=1S/C30H46O4.C11H10N2O/c1-18(2)23-20(31)17-30(25(32)34-33)16-15-28(6)19(24(23)30)9-10-22-27(5)13-8-12-26(3,4)21(27)11-14-29(22,28)7;1-8(14)13-11-7-12-6-9-4-2-3-5-10(9)11/h18-19,21-22,33H,8-17H2,1-7H3;2-7H,1H3,(H,13,14)/t19-,21+,22-,27+,28-,29-,30-;/m1./s1. The average molecular weight is 657 g/mol. The van der Waals surface area contributed by atoms with E-state index in [0.29, 0.717) is 23.2 Å². The molecule has 4 saturated carbocycles. The Kier molecular flexibility index (Phi) is 8.75. The van der Waals surface area contributed by atoms with Crippen molar-refractivity contribution in [3.63, 3.8) is 0 Å². The molecule has 0 aliphatic heterocycles. The van der Waals surface area contributed by atoms with Gasteiger partial charge in [-0.2, -0.15) is 5.26 Å². The Balaban J connectivity index is 0.000000239. The summed E-state index contributed by atoms with van der Waals surface area (Å²) in [6.45, 7) is 18.3. The van der Waals surface area contributed by atoms with Gasteiger partial charge in [0.1, 0.15) is 5.41 Å². The molecule has 1 aromatic carbocycles. The number of hydrogen-bond acceptors (Lipinski definition) is 6. The predicted octanol–water partition coefficient (Wildman–Crippen LogP) is 9.57. The van der Waals surface area contributed by atoms with Gasteiger partial charge >= 0.3 is 5.97 Å². The van der Waals surface area contributed by atoms with Crippen LogP contribution in [-0.2, 0) is 19.3 Å². The van der Waals surface area contributed by atoms with Crippen LogP contribution in [0.15, 0.2) is 47.8 Å². The largest absolute Gasteiger partial charge is 0.352 e. The van der Waals surface area contributed by atoms with Gasteiger partial charge in [-0.25, -0.2) is 4.79 Å². The Bertz CT molecular complexity index is 1660. The first-order valence-corrected chi connectivity index (χ1v) is 18.3. The third-order valence-electron chi connectivity index (χ3n) is 14.6. The minimum absolute atomic E-state index is 0.0464. The zero-order valence-electron chi connectivity index (χ0n) is 30.4.